The Bertz CT molecular complexity index is 987. The number of hydrogen-bond donors (Lipinski definition) is 1. The van der Waals surface area contributed by atoms with Crippen molar-refractivity contribution in [1.82, 2.24) is 9.97 Å². The number of benzene rings is 2. The predicted molar refractivity (Wildman–Crippen MR) is 115 cm³/mol. The zero-order valence-electron chi connectivity index (χ0n) is 16.0. The molecule has 1 heterocycles. The van der Waals surface area contributed by atoms with Gasteiger partial charge >= 0.3 is 5.97 Å². The molecule has 2 aromatic carbocycles. The Morgan fingerprint density at radius 1 is 1.10 bits per heavy atom. The van der Waals surface area contributed by atoms with E-state index in [2.05, 4.69) is 15.3 Å². The number of ether oxygens (including phenoxy) is 1. The highest BCUT2D eigenvalue weighted by Gasteiger charge is 2.22. The lowest BCUT2D eigenvalue weighted by Gasteiger charge is -2.15. The normalized spacial score (nSPS) is 10.6. The van der Waals surface area contributed by atoms with Gasteiger partial charge < -0.3 is 10.1 Å². The Morgan fingerprint density at radius 3 is 2.52 bits per heavy atom. The van der Waals surface area contributed by atoms with Gasteiger partial charge in [-0.3, -0.25) is 0 Å². The maximum Gasteiger partial charge on any atom is 0.344 e. The van der Waals surface area contributed by atoms with Gasteiger partial charge in [0, 0.05) is 17.9 Å². The first-order valence-corrected chi connectivity index (χ1v) is 11.0. The quantitative estimate of drug-likeness (QED) is 0.233. The molecule has 0 amide bonds. The van der Waals surface area contributed by atoms with Gasteiger partial charge in [-0.05, 0) is 17.9 Å². The number of carbonyl (C=O) groups is 1. The van der Waals surface area contributed by atoms with Crippen LogP contribution in [0.15, 0.2) is 64.8 Å². The van der Waals surface area contributed by atoms with Crippen LogP contribution in [0.25, 0.3) is 0 Å². The number of rotatable bonds is 8. The first-order valence-electron chi connectivity index (χ1n) is 8.80. The van der Waals surface area contributed by atoms with E-state index in [-0.39, 0.29) is 17.9 Å². The maximum atomic E-state index is 14.0. The van der Waals surface area contributed by atoms with Crippen LogP contribution in [-0.2, 0) is 17.0 Å². The average molecular weight is 430 g/mol. The lowest BCUT2D eigenvalue weighted by Crippen LogP contribution is -2.14. The van der Waals surface area contributed by atoms with E-state index in [9.17, 15) is 9.18 Å². The van der Waals surface area contributed by atoms with Crippen LogP contribution in [0.2, 0.25) is 0 Å². The second-order valence-corrected chi connectivity index (χ2v) is 7.69. The van der Waals surface area contributed by atoms with Crippen LogP contribution in [0.1, 0.15) is 21.5 Å². The summed E-state index contributed by atoms with van der Waals surface area (Å²) in [5, 5.41) is 4.12. The van der Waals surface area contributed by atoms with Gasteiger partial charge in [-0.25, -0.2) is 19.2 Å². The van der Waals surface area contributed by atoms with Crippen molar-refractivity contribution in [3.63, 3.8) is 0 Å². The van der Waals surface area contributed by atoms with Crippen LogP contribution in [0.4, 0.5) is 10.2 Å². The molecule has 8 heteroatoms. The van der Waals surface area contributed by atoms with Crippen molar-refractivity contribution in [2.24, 2.45) is 0 Å². The summed E-state index contributed by atoms with van der Waals surface area (Å²) in [5.74, 6) is 0.110. The van der Waals surface area contributed by atoms with E-state index in [1.807, 2.05) is 36.6 Å². The molecule has 1 aromatic heterocycles. The molecular weight excluding hydrogens is 409 g/mol. The minimum Gasteiger partial charge on any atom is -0.465 e. The molecule has 0 unspecified atom stereocenters. The molecule has 29 heavy (non-hydrogen) atoms. The fraction of sp³-hybridized carbons (Fsp3) is 0.190. The van der Waals surface area contributed by atoms with Gasteiger partial charge in [0.15, 0.2) is 5.16 Å². The predicted octanol–water partition coefficient (Wildman–Crippen LogP) is 5.03. The minimum absolute atomic E-state index is 0.185. The van der Waals surface area contributed by atoms with Gasteiger partial charge in [0.1, 0.15) is 22.2 Å². The lowest BCUT2D eigenvalue weighted by molar-refractivity contribution is 0.0596. The zero-order valence-corrected chi connectivity index (χ0v) is 17.6. The van der Waals surface area contributed by atoms with Crippen LogP contribution in [0.5, 0.6) is 0 Å². The summed E-state index contributed by atoms with van der Waals surface area (Å²) in [6.45, 7) is 0.185. The third-order valence-corrected chi connectivity index (χ3v) is 5.64. The molecule has 0 aliphatic heterocycles. The van der Waals surface area contributed by atoms with Gasteiger partial charge in [-0.15, -0.1) is 11.8 Å². The van der Waals surface area contributed by atoms with Gasteiger partial charge in [0.25, 0.3) is 0 Å². The number of halogens is 1. The number of hydrogen-bond acceptors (Lipinski definition) is 7. The third-order valence-electron chi connectivity index (χ3n) is 4.05. The Kier molecular flexibility index (Phi) is 7.48. The van der Waals surface area contributed by atoms with E-state index in [4.69, 9.17) is 4.74 Å². The van der Waals surface area contributed by atoms with Crippen molar-refractivity contribution in [3.8, 4) is 0 Å². The van der Waals surface area contributed by atoms with E-state index in [1.165, 1.54) is 36.7 Å². The molecule has 0 atom stereocenters. The van der Waals surface area contributed by atoms with Crippen molar-refractivity contribution >= 4 is 35.3 Å². The number of aromatic nitrogens is 2. The van der Waals surface area contributed by atoms with Gasteiger partial charge in [0.2, 0.25) is 0 Å². The molecule has 1 N–H and O–H groups in total. The van der Waals surface area contributed by atoms with E-state index in [0.717, 1.165) is 5.56 Å². The summed E-state index contributed by atoms with van der Waals surface area (Å²) < 4.78 is 18.9. The van der Waals surface area contributed by atoms with Crippen LogP contribution < -0.4 is 5.32 Å². The molecule has 3 aromatic rings. The van der Waals surface area contributed by atoms with Crippen molar-refractivity contribution in [2.45, 2.75) is 22.5 Å². The summed E-state index contributed by atoms with van der Waals surface area (Å²) in [4.78, 5) is 21.4. The van der Waals surface area contributed by atoms with Crippen molar-refractivity contribution in [1.29, 1.82) is 0 Å². The van der Waals surface area contributed by atoms with E-state index in [0.29, 0.717) is 27.3 Å². The Balaban J connectivity index is 1.92. The van der Waals surface area contributed by atoms with Gasteiger partial charge in [-0.1, -0.05) is 60.3 Å². The summed E-state index contributed by atoms with van der Waals surface area (Å²) in [6, 6.07) is 16.4. The third kappa shape index (κ3) is 5.48. The molecule has 0 aliphatic carbocycles. The maximum absolute atomic E-state index is 14.0. The first-order chi connectivity index (χ1) is 14.1. The molecule has 3 rings (SSSR count). The van der Waals surface area contributed by atoms with E-state index in [1.54, 1.807) is 18.2 Å². The highest BCUT2D eigenvalue weighted by molar-refractivity contribution is 7.99. The summed E-state index contributed by atoms with van der Waals surface area (Å²) >= 11 is 2.80. The van der Waals surface area contributed by atoms with Crippen molar-refractivity contribution < 1.29 is 13.9 Å². The summed E-state index contributed by atoms with van der Waals surface area (Å²) in [7, 11) is 1.32. The average Bonchev–Trinajstić information content (AvgIpc) is 2.76. The molecule has 150 valence electrons. The number of anilines is 1. The number of methoxy groups -OCH3 is 1. The largest absolute Gasteiger partial charge is 0.465 e. The van der Waals surface area contributed by atoms with Crippen LogP contribution in [0, 0.1) is 5.82 Å². The second kappa shape index (κ2) is 10.3. The van der Waals surface area contributed by atoms with Crippen LogP contribution in [0.3, 0.4) is 0 Å². The molecule has 0 saturated heterocycles. The Hall–Kier alpha value is -2.58. The molecule has 0 fully saturated rings. The number of nitrogens with zero attached hydrogens (tertiary/aromatic N) is 2. The van der Waals surface area contributed by atoms with E-state index >= 15 is 0 Å². The summed E-state index contributed by atoms with van der Waals surface area (Å²) in [5.41, 5.74) is 1.84. The number of esters is 1. The smallest absolute Gasteiger partial charge is 0.344 e. The number of carbonyl (C=O) groups excluding carboxylic acids is 1. The fourth-order valence-corrected chi connectivity index (χ4v) is 3.97. The summed E-state index contributed by atoms with van der Waals surface area (Å²) in [6.07, 6.45) is 1.86. The number of nitrogens with one attached hydrogen (secondary N) is 1. The van der Waals surface area contributed by atoms with Crippen molar-refractivity contribution in [2.75, 3.05) is 18.7 Å². The van der Waals surface area contributed by atoms with Gasteiger partial charge in [0.05, 0.1) is 7.11 Å². The first kappa shape index (κ1) is 21.1. The molecule has 0 aliphatic rings. The lowest BCUT2D eigenvalue weighted by atomic mass is 10.2. The highest BCUT2D eigenvalue weighted by atomic mass is 32.2. The molecule has 0 spiro atoms. The van der Waals surface area contributed by atoms with Gasteiger partial charge in [-0.2, -0.15) is 0 Å². The zero-order chi connectivity index (χ0) is 20.6. The Labute approximate surface area is 177 Å². The standard InChI is InChI=1S/C21H20FN3O2S2/c1-27-20(26)17-18(23-12-15-10-6-7-11-16(15)22)24-21(28-2)25-19(17)29-13-14-8-4-3-5-9-14/h3-11H,12-13H2,1-2H3,(H,23,24,25). The molecular formula is C21H20FN3O2S2. The molecule has 5 nitrogen and oxygen atoms in total. The molecule has 0 bridgehead atoms. The SMILES string of the molecule is COC(=O)c1c(NCc2ccccc2F)nc(SC)nc1SCc1ccccc1. The van der Waals surface area contributed by atoms with Crippen molar-refractivity contribution in [3.05, 3.63) is 77.1 Å². The Morgan fingerprint density at radius 2 is 1.83 bits per heavy atom. The topological polar surface area (TPSA) is 64.1 Å². The monoisotopic (exact) mass is 429 g/mol. The number of thioether (sulfide) groups is 2. The molecule has 0 saturated carbocycles. The van der Waals surface area contributed by atoms with Crippen LogP contribution in [-0.4, -0.2) is 29.3 Å². The molecule has 0 radical (unpaired) electrons. The second-order valence-electron chi connectivity index (χ2n) is 5.95. The highest BCUT2D eigenvalue weighted by Crippen LogP contribution is 2.31. The van der Waals surface area contributed by atoms with Crippen LogP contribution >= 0.6 is 23.5 Å². The minimum atomic E-state index is -0.538. The van der Waals surface area contributed by atoms with E-state index < -0.39 is 5.97 Å². The fourth-order valence-electron chi connectivity index (χ4n) is 2.58.